The maximum Gasteiger partial charge on any atom is 0.338 e. The van der Waals surface area contributed by atoms with Gasteiger partial charge in [-0.1, -0.05) is 17.7 Å². The fourth-order valence-corrected chi connectivity index (χ4v) is 5.84. The average Bonchev–Trinajstić information content (AvgIpc) is 3.59. The van der Waals surface area contributed by atoms with Crippen molar-refractivity contribution in [2.24, 2.45) is 4.99 Å². The first-order valence-electron chi connectivity index (χ1n) is 11.4. The quantitative estimate of drug-likeness (QED) is 0.527. The van der Waals surface area contributed by atoms with Gasteiger partial charge in [-0.15, -0.1) is 11.3 Å². The highest BCUT2D eigenvalue weighted by molar-refractivity contribution is 7.11. The Labute approximate surface area is 216 Å². The summed E-state index contributed by atoms with van der Waals surface area (Å²) >= 11 is 7.82. The summed E-state index contributed by atoms with van der Waals surface area (Å²) in [5.41, 5.74) is 0.920. The number of thiazole rings is 1. The van der Waals surface area contributed by atoms with E-state index in [0.29, 0.717) is 53.9 Å². The number of methoxy groups -OCH3 is 1. The van der Waals surface area contributed by atoms with Crippen LogP contribution in [-0.2, 0) is 19.1 Å². The van der Waals surface area contributed by atoms with Crippen molar-refractivity contribution in [3.63, 3.8) is 0 Å². The third-order valence-corrected chi connectivity index (χ3v) is 7.75. The van der Waals surface area contributed by atoms with E-state index >= 15 is 0 Å². The van der Waals surface area contributed by atoms with E-state index in [0.717, 1.165) is 6.42 Å². The third-order valence-electron chi connectivity index (χ3n) is 6.64. The van der Waals surface area contributed by atoms with Crippen molar-refractivity contribution in [3.8, 4) is 0 Å². The molecule has 3 aliphatic heterocycles. The number of likely N-dealkylation sites (tertiary alicyclic amines) is 1. The fourth-order valence-electron chi connectivity index (χ4n) is 4.98. The Morgan fingerprint density at radius 3 is 2.97 bits per heavy atom. The molecule has 0 radical (unpaired) electrons. The summed E-state index contributed by atoms with van der Waals surface area (Å²) in [6.45, 7) is 3.41. The van der Waals surface area contributed by atoms with E-state index in [-0.39, 0.29) is 17.0 Å². The molecule has 2 N–H and O–H groups in total. The summed E-state index contributed by atoms with van der Waals surface area (Å²) in [6.07, 6.45) is 2.45. The van der Waals surface area contributed by atoms with Gasteiger partial charge < -0.3 is 20.1 Å². The van der Waals surface area contributed by atoms with Gasteiger partial charge in [0.25, 0.3) is 0 Å². The van der Waals surface area contributed by atoms with Crippen LogP contribution >= 0.6 is 22.9 Å². The number of nitrogens with one attached hydrogen (secondary N) is 2. The molecule has 3 unspecified atom stereocenters. The van der Waals surface area contributed by atoms with E-state index in [9.17, 15) is 14.0 Å². The number of rotatable bonds is 7. The van der Waals surface area contributed by atoms with E-state index in [4.69, 9.17) is 26.1 Å². The van der Waals surface area contributed by atoms with Crippen molar-refractivity contribution >= 4 is 40.6 Å². The molecule has 3 atom stereocenters. The van der Waals surface area contributed by atoms with Crippen molar-refractivity contribution in [1.82, 2.24) is 20.5 Å². The van der Waals surface area contributed by atoms with Crippen LogP contribution in [0.15, 0.2) is 46.0 Å². The van der Waals surface area contributed by atoms with Crippen LogP contribution in [0.2, 0.25) is 5.02 Å². The number of aromatic nitrogens is 1. The van der Waals surface area contributed by atoms with Gasteiger partial charge in [0.05, 0.1) is 24.9 Å². The van der Waals surface area contributed by atoms with Crippen LogP contribution in [0.25, 0.3) is 0 Å². The molecule has 9 nitrogen and oxygen atoms in total. The van der Waals surface area contributed by atoms with Gasteiger partial charge >= 0.3 is 5.97 Å². The van der Waals surface area contributed by atoms with Crippen LogP contribution in [0.3, 0.4) is 0 Å². The number of benzene rings is 1. The molecule has 0 spiro atoms. The summed E-state index contributed by atoms with van der Waals surface area (Å²) in [7, 11) is 1.31. The molecule has 36 heavy (non-hydrogen) atoms. The van der Waals surface area contributed by atoms with Gasteiger partial charge in [-0.3, -0.25) is 14.7 Å². The van der Waals surface area contributed by atoms with Crippen LogP contribution < -0.4 is 10.6 Å². The number of ether oxygens (including phenoxy) is 2. The monoisotopic (exact) mass is 533 g/mol. The van der Waals surface area contributed by atoms with Crippen molar-refractivity contribution in [1.29, 1.82) is 0 Å². The number of carbonyl (C=O) groups is 2. The summed E-state index contributed by atoms with van der Waals surface area (Å²) in [5, 5.41) is 8.82. The minimum Gasteiger partial charge on any atom is -0.466 e. The molecule has 0 saturated carbocycles. The molecule has 1 amide bonds. The number of esters is 1. The SMILES string of the molecule is COC(=O)C1=C(CN2CC3(CNC(C)=O)CC2CO3)NC(c2nccs2)=NC1c1ccc(F)cc1Cl. The molecule has 2 saturated heterocycles. The molecule has 2 fully saturated rings. The lowest BCUT2D eigenvalue weighted by Gasteiger charge is -2.35. The highest BCUT2D eigenvalue weighted by atomic mass is 35.5. The van der Waals surface area contributed by atoms with Gasteiger partial charge in [0.15, 0.2) is 10.8 Å². The van der Waals surface area contributed by atoms with Gasteiger partial charge in [-0.05, 0) is 18.6 Å². The smallest absolute Gasteiger partial charge is 0.338 e. The van der Waals surface area contributed by atoms with E-state index in [1.807, 2.05) is 5.38 Å². The molecule has 2 aromatic rings. The average molecular weight is 534 g/mol. The maximum absolute atomic E-state index is 13.8. The topological polar surface area (TPSA) is 105 Å². The standard InChI is InChI=1S/C24H25ClFN5O4S/c1-13(32)28-11-24-8-15(10-35-24)31(12-24)9-18-19(23(33)34-2)20(16-4-3-14(26)7-17(16)25)30-21(29-18)22-27-5-6-36-22/h3-7,15,20H,8-12H2,1-2H3,(H,28,32)(H,29,30). The normalized spacial score (nSPS) is 25.5. The lowest BCUT2D eigenvalue weighted by molar-refractivity contribution is -0.136. The number of halogens is 2. The van der Waals surface area contributed by atoms with Gasteiger partial charge in [0, 0.05) is 60.5 Å². The number of carbonyl (C=O) groups excluding carboxylic acids is 2. The molecular weight excluding hydrogens is 509 g/mol. The molecule has 12 heteroatoms. The first-order valence-corrected chi connectivity index (χ1v) is 12.7. The Balaban J connectivity index is 1.52. The predicted octanol–water partition coefficient (Wildman–Crippen LogP) is 2.43. The van der Waals surface area contributed by atoms with Gasteiger partial charge in [0.2, 0.25) is 5.91 Å². The zero-order valence-corrected chi connectivity index (χ0v) is 21.3. The number of morpholine rings is 1. The van der Waals surface area contributed by atoms with E-state index in [1.54, 1.807) is 6.20 Å². The van der Waals surface area contributed by atoms with Crippen molar-refractivity contribution in [2.75, 3.05) is 33.4 Å². The van der Waals surface area contributed by atoms with Crippen molar-refractivity contribution in [3.05, 3.63) is 62.5 Å². The van der Waals surface area contributed by atoms with Crippen LogP contribution in [0.5, 0.6) is 0 Å². The first-order chi connectivity index (χ1) is 17.3. The zero-order chi connectivity index (χ0) is 25.4. The highest BCUT2D eigenvalue weighted by Crippen LogP contribution is 2.40. The number of aliphatic imine (C=N–C) groups is 1. The molecule has 1 aromatic carbocycles. The number of nitrogens with zero attached hydrogens (tertiary/aromatic N) is 3. The third kappa shape index (κ3) is 4.75. The summed E-state index contributed by atoms with van der Waals surface area (Å²) in [6, 6.07) is 3.34. The highest BCUT2D eigenvalue weighted by Gasteiger charge is 2.51. The summed E-state index contributed by atoms with van der Waals surface area (Å²) in [5.74, 6) is -0.656. The van der Waals surface area contributed by atoms with Crippen LogP contribution in [-0.4, -0.2) is 72.6 Å². The fraction of sp³-hybridized carbons (Fsp3) is 0.417. The van der Waals surface area contributed by atoms with Crippen molar-refractivity contribution < 1.29 is 23.5 Å². The minimum atomic E-state index is -0.815. The number of hydrogen-bond acceptors (Lipinski definition) is 9. The molecule has 2 bridgehead atoms. The second kappa shape index (κ2) is 9.89. The summed E-state index contributed by atoms with van der Waals surface area (Å²) < 4.78 is 25.0. The van der Waals surface area contributed by atoms with E-state index in [1.165, 1.54) is 43.6 Å². The molecule has 4 heterocycles. The lowest BCUT2D eigenvalue weighted by atomic mass is 9.95. The van der Waals surface area contributed by atoms with Crippen molar-refractivity contribution in [2.45, 2.75) is 31.0 Å². The minimum absolute atomic E-state index is 0.108. The molecule has 5 rings (SSSR count). The second-order valence-electron chi connectivity index (χ2n) is 9.06. The zero-order valence-electron chi connectivity index (χ0n) is 19.7. The number of amides is 1. The lowest BCUT2D eigenvalue weighted by Crippen LogP contribution is -2.50. The second-order valence-corrected chi connectivity index (χ2v) is 10.4. The Hall–Kier alpha value is -2.86. The molecule has 1 aromatic heterocycles. The Kier molecular flexibility index (Phi) is 6.82. The predicted molar refractivity (Wildman–Crippen MR) is 132 cm³/mol. The van der Waals surface area contributed by atoms with Crippen LogP contribution in [0, 0.1) is 5.82 Å². The van der Waals surface area contributed by atoms with Gasteiger partial charge in [0.1, 0.15) is 11.9 Å². The Morgan fingerprint density at radius 2 is 2.28 bits per heavy atom. The number of hydrogen-bond donors (Lipinski definition) is 2. The molecular formula is C24H25ClFN5O4S. The molecule has 0 aliphatic carbocycles. The van der Waals surface area contributed by atoms with E-state index < -0.39 is 23.4 Å². The van der Waals surface area contributed by atoms with E-state index in [2.05, 4.69) is 20.5 Å². The summed E-state index contributed by atoms with van der Waals surface area (Å²) in [4.78, 5) is 35.9. The van der Waals surface area contributed by atoms with Crippen LogP contribution in [0.1, 0.15) is 30.0 Å². The maximum atomic E-state index is 13.8. The Bertz CT molecular complexity index is 1250. The largest absolute Gasteiger partial charge is 0.466 e. The van der Waals surface area contributed by atoms with Gasteiger partial charge in [-0.2, -0.15) is 0 Å². The number of fused-ring (bicyclic) bond motifs is 2. The van der Waals surface area contributed by atoms with Gasteiger partial charge in [-0.25, -0.2) is 14.2 Å². The molecule has 3 aliphatic rings. The van der Waals surface area contributed by atoms with Crippen LogP contribution in [0.4, 0.5) is 4.39 Å². The first kappa shape index (κ1) is 24.8. The number of amidine groups is 1. The Morgan fingerprint density at radius 1 is 1.44 bits per heavy atom. The molecule has 190 valence electrons.